The molecule has 153 valence electrons. The van der Waals surface area contributed by atoms with Crippen molar-refractivity contribution < 1.29 is 28.7 Å². The predicted octanol–water partition coefficient (Wildman–Crippen LogP) is 1.69. The highest BCUT2D eigenvalue weighted by atomic mass is 16.7. The fourth-order valence-corrected chi connectivity index (χ4v) is 3.25. The summed E-state index contributed by atoms with van der Waals surface area (Å²) in [5.41, 5.74) is 2.86. The topological polar surface area (TPSA) is 98.8 Å². The number of ether oxygens (including phenoxy) is 2. The molecule has 8 heteroatoms. The molecule has 0 aromatic heterocycles. The van der Waals surface area contributed by atoms with Crippen molar-refractivity contribution >= 4 is 31.3 Å². The molecule has 0 spiro atoms. The molecule has 30 heavy (non-hydrogen) atoms. The summed E-state index contributed by atoms with van der Waals surface area (Å²) in [6, 6.07) is 16.4. The maximum absolute atomic E-state index is 12.9. The quantitative estimate of drug-likeness (QED) is 0.308. The normalized spacial score (nSPS) is 16.9. The molecule has 3 rings (SSSR count). The van der Waals surface area contributed by atoms with Crippen LogP contribution in [-0.2, 0) is 35.1 Å². The Hall–Kier alpha value is -3.26. The van der Waals surface area contributed by atoms with Crippen LogP contribution in [0.15, 0.2) is 54.6 Å². The Morgan fingerprint density at radius 1 is 1.03 bits per heavy atom. The van der Waals surface area contributed by atoms with Crippen LogP contribution < -0.4 is 5.23 Å². The Bertz CT molecular complexity index is 922. The Balaban J connectivity index is 1.77. The van der Waals surface area contributed by atoms with E-state index in [1.165, 1.54) is 13.8 Å². The summed E-state index contributed by atoms with van der Waals surface area (Å²) < 4.78 is 10.1. The van der Waals surface area contributed by atoms with Crippen molar-refractivity contribution in [1.82, 2.24) is 5.23 Å². The zero-order valence-corrected chi connectivity index (χ0v) is 16.7. The third kappa shape index (κ3) is 5.01. The lowest BCUT2D eigenvalue weighted by molar-refractivity contribution is -0.238. The van der Waals surface area contributed by atoms with Gasteiger partial charge in [0.1, 0.15) is 0 Å². The first-order chi connectivity index (χ1) is 14.3. The minimum absolute atomic E-state index is 0.165. The van der Waals surface area contributed by atoms with Crippen LogP contribution in [0.3, 0.4) is 0 Å². The molecule has 1 aliphatic heterocycles. The number of Topliss-reactive ketones (excluding diaryl/α,β-unsaturated/α-hetero) is 1. The first-order valence-electron chi connectivity index (χ1n) is 9.47. The summed E-state index contributed by atoms with van der Waals surface area (Å²) in [7, 11) is 1.06. The van der Waals surface area contributed by atoms with Crippen LogP contribution in [-0.4, -0.2) is 43.2 Å². The monoisotopic (exact) mass is 406 g/mol. The van der Waals surface area contributed by atoms with Gasteiger partial charge in [-0.25, -0.2) is 0 Å². The van der Waals surface area contributed by atoms with Gasteiger partial charge in [0.05, 0.1) is 12.2 Å². The summed E-state index contributed by atoms with van der Waals surface area (Å²) in [6.07, 6.45) is 0.651. The van der Waals surface area contributed by atoms with Gasteiger partial charge in [-0.15, -0.1) is 0 Å². The third-order valence-corrected chi connectivity index (χ3v) is 4.66. The molecule has 0 amide bonds. The molecule has 0 unspecified atom stereocenters. The van der Waals surface area contributed by atoms with E-state index in [9.17, 15) is 19.2 Å². The maximum atomic E-state index is 12.9. The fourth-order valence-electron chi connectivity index (χ4n) is 3.25. The number of esters is 2. The number of cyclic esters (lactones) is 2. The van der Waals surface area contributed by atoms with E-state index in [4.69, 9.17) is 9.47 Å². The number of carbonyl (C=O) groups is 4. The number of carbonyl (C=O) groups excluding carboxylic acids is 4. The zero-order chi connectivity index (χ0) is 21.7. The highest BCUT2D eigenvalue weighted by molar-refractivity contribution is 6.64. The summed E-state index contributed by atoms with van der Waals surface area (Å²) in [5.74, 6) is -5.75. The van der Waals surface area contributed by atoms with Gasteiger partial charge in [0.15, 0.2) is 5.78 Å². The van der Waals surface area contributed by atoms with E-state index in [0.717, 1.165) is 24.1 Å². The number of hydrogen-bond acceptors (Lipinski definition) is 7. The number of ketones is 1. The molecule has 7 nitrogen and oxygen atoms in total. The van der Waals surface area contributed by atoms with Crippen LogP contribution in [0.25, 0.3) is 11.1 Å². The van der Waals surface area contributed by atoms with Crippen molar-refractivity contribution in [3.05, 3.63) is 60.2 Å². The van der Waals surface area contributed by atoms with E-state index in [1.54, 1.807) is 0 Å². The molecular formula is C22H21BNO6. The van der Waals surface area contributed by atoms with Gasteiger partial charge in [-0.3, -0.25) is 14.4 Å². The average Bonchev–Trinajstić information content (AvgIpc) is 2.70. The summed E-state index contributed by atoms with van der Waals surface area (Å²) in [5, 5.41) is 2.66. The summed E-state index contributed by atoms with van der Waals surface area (Å²) >= 11 is 0. The Kier molecular flexibility index (Phi) is 6.47. The molecule has 1 N–H and O–H groups in total. The SMILES string of the molecule is CC1(C)OC(=O)C(C(=O)[C@@H](Cc2ccc(-c3ccccc3)cc2)N[B]C=O)C(=O)O1. The molecular weight excluding hydrogens is 385 g/mol. The van der Waals surface area contributed by atoms with Gasteiger partial charge in [-0.1, -0.05) is 54.6 Å². The average molecular weight is 406 g/mol. The van der Waals surface area contributed by atoms with Gasteiger partial charge in [-0.05, 0) is 23.1 Å². The first-order valence-corrected chi connectivity index (χ1v) is 9.47. The van der Waals surface area contributed by atoms with Gasteiger partial charge in [-0.2, -0.15) is 0 Å². The summed E-state index contributed by atoms with van der Waals surface area (Å²) in [6.45, 7) is 2.82. The van der Waals surface area contributed by atoms with E-state index >= 15 is 0 Å². The van der Waals surface area contributed by atoms with Gasteiger partial charge in [0, 0.05) is 13.8 Å². The smallest absolute Gasteiger partial charge is 0.331 e. The second-order valence-electron chi connectivity index (χ2n) is 7.37. The van der Waals surface area contributed by atoms with Crippen molar-refractivity contribution in [1.29, 1.82) is 0 Å². The van der Waals surface area contributed by atoms with Crippen molar-refractivity contribution in [3.8, 4) is 11.1 Å². The first kappa shape index (κ1) is 21.5. The fraction of sp³-hybridized carbons (Fsp3) is 0.273. The third-order valence-electron chi connectivity index (χ3n) is 4.66. The number of benzene rings is 2. The summed E-state index contributed by atoms with van der Waals surface area (Å²) in [4.78, 5) is 48.2. The van der Waals surface area contributed by atoms with E-state index in [1.807, 2.05) is 54.6 Å². The van der Waals surface area contributed by atoms with Crippen molar-refractivity contribution in [2.45, 2.75) is 32.1 Å². The minimum Gasteiger partial charge on any atom is -0.422 e. The molecule has 0 bridgehead atoms. The minimum atomic E-state index is -1.70. The van der Waals surface area contributed by atoms with Gasteiger partial charge in [0.2, 0.25) is 5.92 Å². The molecule has 1 fully saturated rings. The van der Waals surface area contributed by atoms with E-state index in [0.29, 0.717) is 6.19 Å². The zero-order valence-electron chi connectivity index (χ0n) is 16.7. The van der Waals surface area contributed by atoms with Crippen LogP contribution in [0.5, 0.6) is 0 Å². The Morgan fingerprint density at radius 2 is 1.60 bits per heavy atom. The molecule has 0 aliphatic carbocycles. The van der Waals surface area contributed by atoms with Crippen molar-refractivity contribution in [2.75, 3.05) is 0 Å². The van der Waals surface area contributed by atoms with E-state index < -0.39 is 35.5 Å². The van der Waals surface area contributed by atoms with E-state index in [2.05, 4.69) is 5.23 Å². The van der Waals surface area contributed by atoms with Gasteiger partial charge >= 0.3 is 11.9 Å². The predicted molar refractivity (Wildman–Crippen MR) is 110 cm³/mol. The van der Waals surface area contributed by atoms with Crippen LogP contribution >= 0.6 is 0 Å². The Labute approximate surface area is 175 Å². The van der Waals surface area contributed by atoms with Crippen LogP contribution in [0.1, 0.15) is 19.4 Å². The van der Waals surface area contributed by atoms with Crippen LogP contribution in [0.4, 0.5) is 0 Å². The van der Waals surface area contributed by atoms with Crippen LogP contribution in [0.2, 0.25) is 0 Å². The van der Waals surface area contributed by atoms with Crippen LogP contribution in [0, 0.1) is 5.92 Å². The van der Waals surface area contributed by atoms with Gasteiger partial charge in [0.25, 0.3) is 13.2 Å². The molecule has 0 saturated carbocycles. The standard InChI is InChI=1S/C22H21BNO6/c1-22(2)29-20(27)18(21(28)30-22)19(26)17(24-23-13-25)12-14-8-10-16(11-9-14)15-6-4-3-5-7-15/h3-11,13,17-18,24H,12H2,1-2H3/t17-/m1/s1. The molecule has 1 radical (unpaired) electrons. The second kappa shape index (κ2) is 9.05. The van der Waals surface area contributed by atoms with Gasteiger partial charge < -0.3 is 19.5 Å². The highest BCUT2D eigenvalue weighted by Gasteiger charge is 2.48. The second-order valence-corrected chi connectivity index (χ2v) is 7.37. The molecule has 1 saturated heterocycles. The van der Waals surface area contributed by atoms with Crippen molar-refractivity contribution in [2.24, 2.45) is 5.92 Å². The molecule has 1 heterocycles. The molecule has 1 atom stereocenters. The van der Waals surface area contributed by atoms with E-state index in [-0.39, 0.29) is 6.42 Å². The molecule has 1 aliphatic rings. The number of hydrogen-bond donors (Lipinski definition) is 1. The Morgan fingerprint density at radius 3 is 2.17 bits per heavy atom. The largest absolute Gasteiger partial charge is 0.422 e. The lowest BCUT2D eigenvalue weighted by Crippen LogP contribution is -2.54. The number of nitrogens with one attached hydrogen (secondary N) is 1. The maximum Gasteiger partial charge on any atom is 0.331 e. The highest BCUT2D eigenvalue weighted by Crippen LogP contribution is 2.25. The lowest BCUT2D eigenvalue weighted by Gasteiger charge is -2.33. The molecule has 2 aromatic rings. The van der Waals surface area contributed by atoms with Crippen molar-refractivity contribution in [3.63, 3.8) is 0 Å². The lowest BCUT2D eigenvalue weighted by atomic mass is 9.87. The number of rotatable bonds is 8. The molecule has 2 aromatic carbocycles.